The van der Waals surface area contributed by atoms with Crippen LogP contribution in [0.5, 0.6) is 0 Å². The maximum atomic E-state index is 13.1. The Bertz CT molecular complexity index is 862. The molecule has 2 rings (SSSR count). The van der Waals surface area contributed by atoms with Crippen LogP contribution in [0.4, 0.5) is 0 Å². The van der Waals surface area contributed by atoms with Crippen molar-refractivity contribution in [2.75, 3.05) is 12.3 Å². The number of hydrogen-bond donors (Lipinski definition) is 1. The minimum absolute atomic E-state index is 0.0566. The summed E-state index contributed by atoms with van der Waals surface area (Å²) in [7, 11) is 0. The van der Waals surface area contributed by atoms with E-state index in [1.54, 1.807) is 35.7 Å². The van der Waals surface area contributed by atoms with Gasteiger partial charge in [0, 0.05) is 31.0 Å². The van der Waals surface area contributed by atoms with Gasteiger partial charge >= 0.3 is 0 Å². The fourth-order valence-corrected chi connectivity index (χ4v) is 4.15. The van der Waals surface area contributed by atoms with Crippen LogP contribution in [0.3, 0.4) is 0 Å². The minimum Gasteiger partial charge on any atom is -0.354 e. The van der Waals surface area contributed by atoms with Gasteiger partial charge in [0.15, 0.2) is 0 Å². The second kappa shape index (κ2) is 13.0. The number of hydrogen-bond acceptors (Lipinski definition) is 3. The van der Waals surface area contributed by atoms with Crippen molar-refractivity contribution < 1.29 is 9.59 Å². The zero-order chi connectivity index (χ0) is 22.8. The number of rotatable bonds is 11. The molecule has 7 heteroatoms. The summed E-state index contributed by atoms with van der Waals surface area (Å²) in [5, 5.41) is 3.82. The average Bonchev–Trinajstić information content (AvgIpc) is 2.75. The van der Waals surface area contributed by atoms with Crippen LogP contribution in [0.2, 0.25) is 10.0 Å². The molecular weight excluding hydrogens is 451 g/mol. The van der Waals surface area contributed by atoms with Crippen LogP contribution in [-0.2, 0) is 21.9 Å². The molecule has 1 unspecified atom stereocenters. The number of nitrogens with zero attached hydrogens (tertiary/aromatic N) is 1. The quantitative estimate of drug-likeness (QED) is 0.413. The van der Waals surface area contributed by atoms with E-state index >= 15 is 0 Å². The zero-order valence-electron chi connectivity index (χ0n) is 18.2. The first-order valence-electron chi connectivity index (χ1n) is 10.4. The molecule has 0 aromatic heterocycles. The third-order valence-electron chi connectivity index (χ3n) is 4.76. The summed E-state index contributed by atoms with van der Waals surface area (Å²) in [5.41, 5.74) is 2.07. The Morgan fingerprint density at radius 3 is 2.35 bits per heavy atom. The van der Waals surface area contributed by atoms with Crippen LogP contribution in [0.25, 0.3) is 0 Å². The molecular formula is C24H30Cl2N2O2S. The molecule has 0 aliphatic carbocycles. The Labute approximate surface area is 199 Å². The lowest BCUT2D eigenvalue weighted by atomic mass is 10.1. The van der Waals surface area contributed by atoms with Crippen LogP contribution in [-0.4, -0.2) is 35.1 Å². The van der Waals surface area contributed by atoms with Crippen molar-refractivity contribution in [3.63, 3.8) is 0 Å². The van der Waals surface area contributed by atoms with Crippen molar-refractivity contribution in [3.8, 4) is 0 Å². The number of carbonyl (C=O) groups is 2. The lowest BCUT2D eigenvalue weighted by molar-refractivity contribution is -0.140. The Morgan fingerprint density at radius 1 is 1.00 bits per heavy atom. The van der Waals surface area contributed by atoms with Gasteiger partial charge in [-0.3, -0.25) is 9.59 Å². The lowest BCUT2D eigenvalue weighted by Crippen LogP contribution is -2.48. The monoisotopic (exact) mass is 480 g/mol. The Hall–Kier alpha value is -1.69. The van der Waals surface area contributed by atoms with Gasteiger partial charge in [0.05, 0.1) is 10.0 Å². The van der Waals surface area contributed by atoms with Gasteiger partial charge in [-0.25, -0.2) is 0 Å². The summed E-state index contributed by atoms with van der Waals surface area (Å²) in [4.78, 5) is 27.4. The number of halogens is 2. The van der Waals surface area contributed by atoms with Crippen molar-refractivity contribution in [1.82, 2.24) is 10.2 Å². The fourth-order valence-electron chi connectivity index (χ4n) is 2.94. The smallest absolute Gasteiger partial charge is 0.242 e. The topological polar surface area (TPSA) is 49.4 Å². The summed E-state index contributed by atoms with van der Waals surface area (Å²) < 4.78 is 0. The van der Waals surface area contributed by atoms with Crippen molar-refractivity contribution in [3.05, 3.63) is 69.7 Å². The predicted octanol–water partition coefficient (Wildman–Crippen LogP) is 5.81. The van der Waals surface area contributed by atoms with E-state index in [1.807, 2.05) is 38.1 Å². The van der Waals surface area contributed by atoms with E-state index in [9.17, 15) is 9.59 Å². The van der Waals surface area contributed by atoms with Crippen LogP contribution in [0.15, 0.2) is 48.5 Å². The number of thioether (sulfide) groups is 1. The lowest BCUT2D eigenvalue weighted by Gasteiger charge is -2.29. The zero-order valence-corrected chi connectivity index (χ0v) is 20.6. The van der Waals surface area contributed by atoms with E-state index in [-0.39, 0.29) is 11.8 Å². The van der Waals surface area contributed by atoms with Crippen molar-refractivity contribution >= 4 is 46.8 Å². The second-order valence-electron chi connectivity index (χ2n) is 7.87. The molecule has 0 saturated heterocycles. The Morgan fingerprint density at radius 2 is 1.71 bits per heavy atom. The minimum atomic E-state index is -0.583. The van der Waals surface area contributed by atoms with Gasteiger partial charge in [-0.2, -0.15) is 11.8 Å². The fraction of sp³-hybridized carbons (Fsp3) is 0.417. The van der Waals surface area contributed by atoms with E-state index < -0.39 is 6.04 Å². The number of amides is 2. The standard InChI is InChI=1S/C24H30Cl2N2O2S/c1-17(2)14-27-24(30)18(3)28(15-20-9-10-21(25)22(26)13-20)23(29)11-12-31-16-19-7-5-4-6-8-19/h4-10,13,17-18H,11-12,14-16H2,1-3H3,(H,27,30). The SMILES string of the molecule is CC(C)CNC(=O)C(C)N(Cc1ccc(Cl)c(Cl)c1)C(=O)CCSCc1ccccc1. The van der Waals surface area contributed by atoms with Gasteiger partial charge in [0.25, 0.3) is 0 Å². The van der Waals surface area contributed by atoms with Crippen molar-refractivity contribution in [2.24, 2.45) is 5.92 Å². The number of nitrogens with one attached hydrogen (secondary N) is 1. The average molecular weight is 481 g/mol. The molecule has 2 amide bonds. The molecule has 2 aromatic carbocycles. The first-order valence-corrected chi connectivity index (χ1v) is 12.3. The molecule has 31 heavy (non-hydrogen) atoms. The summed E-state index contributed by atoms with van der Waals surface area (Å²) in [6.07, 6.45) is 0.362. The van der Waals surface area contributed by atoms with Gasteiger partial charge in [0.2, 0.25) is 11.8 Å². The summed E-state index contributed by atoms with van der Waals surface area (Å²) in [6.45, 7) is 6.71. The van der Waals surface area contributed by atoms with Gasteiger partial charge in [-0.1, -0.05) is 73.4 Å². The summed E-state index contributed by atoms with van der Waals surface area (Å²) in [5.74, 6) is 1.67. The third-order valence-corrected chi connectivity index (χ3v) is 6.53. The molecule has 0 aliphatic heterocycles. The van der Waals surface area contributed by atoms with Gasteiger partial charge < -0.3 is 10.2 Å². The molecule has 0 bridgehead atoms. The first-order chi connectivity index (χ1) is 14.8. The largest absolute Gasteiger partial charge is 0.354 e. The number of benzene rings is 2. The van der Waals surface area contributed by atoms with Crippen LogP contribution in [0.1, 0.15) is 38.3 Å². The molecule has 0 saturated carbocycles. The molecule has 0 fully saturated rings. The Balaban J connectivity index is 2.03. The molecule has 1 atom stereocenters. The van der Waals surface area contributed by atoms with Crippen molar-refractivity contribution in [2.45, 2.75) is 45.5 Å². The molecule has 0 aliphatic rings. The highest BCUT2D eigenvalue weighted by Gasteiger charge is 2.26. The molecule has 168 valence electrons. The highest BCUT2D eigenvalue weighted by Crippen LogP contribution is 2.24. The maximum absolute atomic E-state index is 13.1. The van der Waals surface area contributed by atoms with Crippen molar-refractivity contribution in [1.29, 1.82) is 0 Å². The van der Waals surface area contributed by atoms with E-state index in [2.05, 4.69) is 17.4 Å². The molecule has 4 nitrogen and oxygen atoms in total. The molecule has 1 N–H and O–H groups in total. The molecule has 0 radical (unpaired) electrons. The molecule has 0 spiro atoms. The maximum Gasteiger partial charge on any atom is 0.242 e. The van der Waals surface area contributed by atoms with Gasteiger partial charge in [-0.05, 0) is 36.1 Å². The van der Waals surface area contributed by atoms with Crippen LogP contribution in [0, 0.1) is 5.92 Å². The highest BCUT2D eigenvalue weighted by molar-refractivity contribution is 7.98. The molecule has 0 heterocycles. The van der Waals surface area contributed by atoms with Crippen LogP contribution >= 0.6 is 35.0 Å². The number of carbonyl (C=O) groups excluding carboxylic acids is 2. The highest BCUT2D eigenvalue weighted by atomic mass is 35.5. The van der Waals surface area contributed by atoms with E-state index in [4.69, 9.17) is 23.2 Å². The van der Waals surface area contributed by atoms with E-state index in [0.29, 0.717) is 41.2 Å². The van der Waals surface area contributed by atoms with E-state index in [1.165, 1.54) is 5.56 Å². The first kappa shape index (κ1) is 25.6. The summed E-state index contributed by atoms with van der Waals surface area (Å²) in [6, 6.07) is 14.9. The van der Waals surface area contributed by atoms with E-state index in [0.717, 1.165) is 11.3 Å². The third kappa shape index (κ3) is 8.76. The normalized spacial score (nSPS) is 11.9. The van der Waals surface area contributed by atoms with Gasteiger partial charge in [0.1, 0.15) is 6.04 Å². The second-order valence-corrected chi connectivity index (χ2v) is 9.79. The Kier molecular flexibility index (Phi) is 10.7. The predicted molar refractivity (Wildman–Crippen MR) is 132 cm³/mol. The summed E-state index contributed by atoms with van der Waals surface area (Å²) >= 11 is 13.9. The van der Waals surface area contributed by atoms with Crippen LogP contribution < -0.4 is 5.32 Å². The molecule has 2 aromatic rings. The van der Waals surface area contributed by atoms with Gasteiger partial charge in [-0.15, -0.1) is 0 Å².